The second-order valence-corrected chi connectivity index (χ2v) is 8.88. The van der Waals surface area contributed by atoms with E-state index in [-0.39, 0.29) is 12.8 Å². The summed E-state index contributed by atoms with van der Waals surface area (Å²) in [6.07, 6.45) is 2.63. The number of allylic oxidation sites excluding steroid dienone is 4. The molecule has 0 spiro atoms. The highest BCUT2D eigenvalue weighted by atomic mass is 19.4. The second-order valence-electron chi connectivity index (χ2n) is 8.88. The third-order valence-electron chi connectivity index (χ3n) is 6.05. The molecule has 1 aromatic carbocycles. The first kappa shape index (κ1) is 25.6. The summed E-state index contributed by atoms with van der Waals surface area (Å²) in [5, 5.41) is 8.80. The minimum Gasteiger partial charge on any atom is -0.493 e. The number of aromatic nitrogens is 2. The van der Waals surface area contributed by atoms with E-state index in [1.807, 2.05) is 35.8 Å². The number of rotatable bonds is 10. The number of carboxylic acids is 1. The number of carboxylic acid groups (broad SMARTS) is 1. The van der Waals surface area contributed by atoms with Gasteiger partial charge in [-0.15, -0.1) is 0 Å². The fourth-order valence-corrected chi connectivity index (χ4v) is 3.80. The van der Waals surface area contributed by atoms with Gasteiger partial charge in [-0.2, -0.15) is 13.2 Å². The van der Waals surface area contributed by atoms with Crippen LogP contribution in [0.15, 0.2) is 48.7 Å². The van der Waals surface area contributed by atoms with Gasteiger partial charge in [0.05, 0.1) is 25.0 Å². The van der Waals surface area contributed by atoms with Crippen molar-refractivity contribution in [1.82, 2.24) is 9.55 Å². The third-order valence-corrected chi connectivity index (χ3v) is 6.05. The maximum Gasteiger partial charge on any atom is 0.397 e. The second kappa shape index (κ2) is 10.5. The molecule has 0 amide bonds. The Morgan fingerprint density at radius 1 is 1.35 bits per heavy atom. The Kier molecular flexibility index (Phi) is 7.86. The molecule has 2 aromatic rings. The smallest absolute Gasteiger partial charge is 0.397 e. The molecule has 184 valence electrons. The first-order valence-electron chi connectivity index (χ1n) is 11.2. The molecule has 0 aliphatic heterocycles. The lowest BCUT2D eigenvalue weighted by atomic mass is 9.81. The highest BCUT2D eigenvalue weighted by molar-refractivity contribution is 5.71. The van der Waals surface area contributed by atoms with Gasteiger partial charge >= 0.3 is 12.1 Å². The number of nitrogens with zero attached hydrogens (tertiary/aromatic N) is 2. The lowest BCUT2D eigenvalue weighted by molar-refractivity contribution is -0.199. The van der Waals surface area contributed by atoms with Crippen molar-refractivity contribution in [2.45, 2.75) is 58.3 Å². The number of para-hydroxylation sites is 1. The average Bonchev–Trinajstić information content (AvgIpc) is 3.12. The summed E-state index contributed by atoms with van der Waals surface area (Å²) in [5.41, 5.74) is 6.35. The van der Waals surface area contributed by atoms with Gasteiger partial charge in [-0.25, -0.2) is 4.98 Å². The highest BCUT2D eigenvalue weighted by Gasteiger charge is 2.49. The van der Waals surface area contributed by atoms with Gasteiger partial charge in [0.2, 0.25) is 0 Å². The van der Waals surface area contributed by atoms with Gasteiger partial charge in [0.25, 0.3) is 0 Å². The fraction of sp³-hybridized carbons (Fsp3) is 0.440. The van der Waals surface area contributed by atoms with Gasteiger partial charge in [-0.1, -0.05) is 36.4 Å². The molecule has 1 unspecified atom stereocenters. The van der Waals surface area contributed by atoms with Crippen molar-refractivity contribution < 1.29 is 27.8 Å². The van der Waals surface area contributed by atoms with Crippen LogP contribution in [-0.4, -0.2) is 39.5 Å². The molecule has 0 radical (unpaired) electrons. The fourth-order valence-electron chi connectivity index (χ4n) is 3.80. The van der Waals surface area contributed by atoms with E-state index in [1.54, 1.807) is 12.3 Å². The number of ether oxygens (including phenoxy) is 1. The summed E-state index contributed by atoms with van der Waals surface area (Å²) in [6, 6.07) is 7.13. The maximum absolute atomic E-state index is 13.3. The molecule has 1 aliphatic rings. The summed E-state index contributed by atoms with van der Waals surface area (Å²) in [7, 11) is 0. The van der Waals surface area contributed by atoms with E-state index in [0.29, 0.717) is 43.1 Å². The first-order chi connectivity index (χ1) is 16.0. The Hall–Kier alpha value is -3.07. The molecule has 3 rings (SSSR count). The van der Waals surface area contributed by atoms with Gasteiger partial charge in [-0.05, 0) is 39.2 Å². The largest absolute Gasteiger partial charge is 0.493 e. The van der Waals surface area contributed by atoms with E-state index < -0.39 is 23.6 Å². The number of hydrogen-bond donors (Lipinski definition) is 2. The number of nitrogens with two attached hydrogens (primary N) is 1. The number of halogens is 3. The predicted molar refractivity (Wildman–Crippen MR) is 123 cm³/mol. The molecule has 6 nitrogen and oxygen atoms in total. The predicted octanol–water partition coefficient (Wildman–Crippen LogP) is 5.11. The molecule has 9 heteroatoms. The number of hydrogen-bond acceptors (Lipinski definition) is 4. The van der Waals surface area contributed by atoms with E-state index in [9.17, 15) is 18.0 Å². The van der Waals surface area contributed by atoms with Crippen molar-refractivity contribution >= 4 is 11.5 Å². The van der Waals surface area contributed by atoms with Crippen LogP contribution in [0.2, 0.25) is 0 Å². The SMILES string of the molecule is Cc1cnc(C2=CCC(C)(C(F)(F)F)C=C2)n1Cc1ccccc1OCCC[C@@H](N)CC(=O)O. The number of alkyl halides is 3. The van der Waals surface area contributed by atoms with E-state index in [4.69, 9.17) is 15.6 Å². The normalized spacial score (nSPS) is 19.1. The summed E-state index contributed by atoms with van der Waals surface area (Å²) < 4.78 is 47.9. The van der Waals surface area contributed by atoms with Crippen LogP contribution < -0.4 is 10.5 Å². The highest BCUT2D eigenvalue weighted by Crippen LogP contribution is 2.45. The number of imidazole rings is 1. The van der Waals surface area contributed by atoms with Gasteiger partial charge in [0.1, 0.15) is 11.6 Å². The summed E-state index contributed by atoms with van der Waals surface area (Å²) in [4.78, 5) is 15.2. The lowest BCUT2D eigenvalue weighted by Gasteiger charge is -2.30. The molecular formula is C25H30F3N3O3. The van der Waals surface area contributed by atoms with Crippen LogP contribution in [0.5, 0.6) is 5.75 Å². The van der Waals surface area contributed by atoms with E-state index in [1.165, 1.54) is 19.1 Å². The molecule has 0 saturated carbocycles. The molecule has 0 fully saturated rings. The van der Waals surface area contributed by atoms with Crippen LogP contribution in [0.25, 0.3) is 5.57 Å². The Balaban J connectivity index is 1.71. The molecule has 0 bridgehead atoms. The third kappa shape index (κ3) is 6.08. The zero-order valence-electron chi connectivity index (χ0n) is 19.3. The first-order valence-corrected chi connectivity index (χ1v) is 11.2. The molecule has 1 aromatic heterocycles. The van der Waals surface area contributed by atoms with Crippen LogP contribution >= 0.6 is 0 Å². The van der Waals surface area contributed by atoms with Crippen molar-refractivity contribution in [3.8, 4) is 5.75 Å². The number of carbonyl (C=O) groups is 1. The van der Waals surface area contributed by atoms with Crippen LogP contribution in [0.3, 0.4) is 0 Å². The van der Waals surface area contributed by atoms with Crippen molar-refractivity contribution in [2.75, 3.05) is 6.61 Å². The van der Waals surface area contributed by atoms with Crippen LogP contribution in [0.1, 0.15) is 49.7 Å². The van der Waals surface area contributed by atoms with Gasteiger partial charge in [0.15, 0.2) is 0 Å². The Bertz CT molecular complexity index is 1070. The molecule has 1 heterocycles. The van der Waals surface area contributed by atoms with E-state index >= 15 is 0 Å². The molecule has 3 N–H and O–H groups in total. The molecule has 34 heavy (non-hydrogen) atoms. The van der Waals surface area contributed by atoms with Crippen LogP contribution in [0, 0.1) is 12.3 Å². The van der Waals surface area contributed by atoms with Crippen LogP contribution in [-0.2, 0) is 11.3 Å². The van der Waals surface area contributed by atoms with Crippen LogP contribution in [0.4, 0.5) is 13.2 Å². The molecule has 0 saturated heterocycles. The Morgan fingerprint density at radius 2 is 2.09 bits per heavy atom. The summed E-state index contributed by atoms with van der Waals surface area (Å²) in [5.74, 6) is 0.370. The average molecular weight is 478 g/mol. The van der Waals surface area contributed by atoms with Crippen molar-refractivity contribution in [1.29, 1.82) is 0 Å². The minimum absolute atomic E-state index is 0.0777. The summed E-state index contributed by atoms with van der Waals surface area (Å²) in [6.45, 7) is 3.93. The Labute approximate surface area is 196 Å². The van der Waals surface area contributed by atoms with Gasteiger partial charge in [0, 0.05) is 29.1 Å². The van der Waals surface area contributed by atoms with Gasteiger partial charge < -0.3 is 20.1 Å². The minimum atomic E-state index is -4.31. The zero-order chi connectivity index (χ0) is 24.9. The van der Waals surface area contributed by atoms with Crippen molar-refractivity contribution in [2.24, 2.45) is 11.1 Å². The monoisotopic (exact) mass is 477 g/mol. The Morgan fingerprint density at radius 3 is 2.74 bits per heavy atom. The standard InChI is InChI=1S/C25H30F3N3O3/c1-17-15-30-23(18-9-11-24(2,12-10-18)25(26,27)28)31(17)16-19-6-3-4-8-21(19)34-13-5-7-20(29)14-22(32)33/h3-4,6,8-11,15,20H,5,7,12-14,16,29H2,1-2H3,(H,32,33)/t20-,24?/m1/s1. The number of aryl methyl sites for hydroxylation is 1. The quantitative estimate of drug-likeness (QED) is 0.464. The molecule has 2 atom stereocenters. The summed E-state index contributed by atoms with van der Waals surface area (Å²) >= 11 is 0. The van der Waals surface area contributed by atoms with Crippen molar-refractivity contribution in [3.05, 3.63) is 65.8 Å². The van der Waals surface area contributed by atoms with E-state index in [0.717, 1.165) is 11.3 Å². The van der Waals surface area contributed by atoms with E-state index in [2.05, 4.69) is 4.98 Å². The number of benzene rings is 1. The van der Waals surface area contributed by atoms with Crippen molar-refractivity contribution in [3.63, 3.8) is 0 Å². The molecular weight excluding hydrogens is 447 g/mol. The van der Waals surface area contributed by atoms with Gasteiger partial charge in [-0.3, -0.25) is 4.79 Å². The number of aliphatic carboxylic acids is 1. The topological polar surface area (TPSA) is 90.4 Å². The molecule has 1 aliphatic carbocycles. The maximum atomic E-state index is 13.3. The lowest BCUT2D eigenvalue weighted by Crippen LogP contribution is -2.33. The zero-order valence-corrected chi connectivity index (χ0v) is 19.3.